The lowest BCUT2D eigenvalue weighted by atomic mass is 10.00. The van der Waals surface area contributed by atoms with E-state index in [4.69, 9.17) is 0 Å². The first-order valence-electron chi connectivity index (χ1n) is 18.2. The van der Waals surface area contributed by atoms with E-state index in [1.54, 1.807) is 4.57 Å². The van der Waals surface area contributed by atoms with E-state index in [1.165, 1.54) is 10.8 Å². The Hall–Kier alpha value is -7.84. The van der Waals surface area contributed by atoms with Crippen LogP contribution in [-0.2, 0) is 0 Å². The van der Waals surface area contributed by atoms with Crippen molar-refractivity contribution in [2.75, 3.05) is 0 Å². The molecule has 0 radical (unpaired) electrons. The fourth-order valence-electron chi connectivity index (χ4n) is 8.72. The second kappa shape index (κ2) is 11.6. The Labute approximate surface area is 318 Å². The van der Waals surface area contributed by atoms with Crippen LogP contribution in [0, 0.1) is 0 Å². The maximum absolute atomic E-state index is 11.0. The van der Waals surface area contributed by atoms with Crippen molar-refractivity contribution in [1.29, 1.82) is 0 Å². The Kier molecular flexibility index (Phi) is 6.55. The van der Waals surface area contributed by atoms with Crippen molar-refractivity contribution < 1.29 is 25.5 Å². The molecular weight excluding hydrogens is 699 g/mol. The number of benzene rings is 8. The van der Waals surface area contributed by atoms with Crippen LogP contribution in [0.15, 0.2) is 158 Å². The average Bonchev–Trinajstić information content (AvgIpc) is 3.88. The first-order valence-corrected chi connectivity index (χ1v) is 18.2. The molecule has 8 nitrogen and oxygen atoms in total. The summed E-state index contributed by atoms with van der Waals surface area (Å²) in [7, 11) is 0. The SMILES string of the molecule is Oc1c(O)c(O)c(-n2c3ccccc3c3cc(-c4ccc5c(c4)c4c(ccc6c7ccccc7n(-c7ccccc7)c64)n5-c4ccccc4)ccc32)c(O)c1O. The molecule has 0 bridgehead atoms. The number of aromatic nitrogens is 3. The fraction of sp³-hybridized carbons (Fsp3) is 0. The highest BCUT2D eigenvalue weighted by Crippen LogP contribution is 2.54. The Morgan fingerprint density at radius 3 is 1.38 bits per heavy atom. The van der Waals surface area contributed by atoms with Crippen molar-refractivity contribution in [3.8, 4) is 56.9 Å². The molecule has 0 saturated carbocycles. The Morgan fingerprint density at radius 1 is 0.304 bits per heavy atom. The summed E-state index contributed by atoms with van der Waals surface area (Å²) in [6.45, 7) is 0. The van der Waals surface area contributed by atoms with Crippen LogP contribution >= 0.6 is 0 Å². The van der Waals surface area contributed by atoms with E-state index in [-0.39, 0.29) is 5.69 Å². The topological polar surface area (TPSA) is 116 Å². The maximum atomic E-state index is 11.0. The van der Waals surface area contributed by atoms with Gasteiger partial charge in [0.05, 0.1) is 33.1 Å². The molecule has 268 valence electrons. The van der Waals surface area contributed by atoms with Gasteiger partial charge in [-0.15, -0.1) is 0 Å². The van der Waals surface area contributed by atoms with Crippen molar-refractivity contribution >= 4 is 65.4 Å². The molecule has 0 aliphatic carbocycles. The summed E-state index contributed by atoms with van der Waals surface area (Å²) in [6, 6.07) is 54.0. The molecular formula is C48H31N3O5. The molecule has 56 heavy (non-hydrogen) atoms. The zero-order valence-electron chi connectivity index (χ0n) is 29.6. The van der Waals surface area contributed by atoms with Crippen molar-refractivity contribution in [2.45, 2.75) is 0 Å². The van der Waals surface area contributed by atoms with Crippen LogP contribution in [-0.4, -0.2) is 39.2 Å². The molecule has 0 aliphatic rings. The molecule has 11 aromatic rings. The van der Waals surface area contributed by atoms with Gasteiger partial charge in [-0.2, -0.15) is 0 Å². The Balaban J connectivity index is 1.22. The number of nitrogens with zero attached hydrogens (tertiary/aromatic N) is 3. The summed E-state index contributed by atoms with van der Waals surface area (Å²) in [4.78, 5) is 0. The van der Waals surface area contributed by atoms with E-state index in [0.29, 0.717) is 11.0 Å². The lowest BCUT2D eigenvalue weighted by molar-refractivity contribution is 0.327. The van der Waals surface area contributed by atoms with E-state index >= 15 is 0 Å². The standard InChI is InChI=1S/C48H31N3O5/c52-44-43(45(53)47(55)48(56)46(44)54)51-37-18-10-8-16-32(37)34-25-27(19-22-38(34)51)28-20-23-39-35(26-28)41-40(49(39)29-11-3-1-4-12-29)24-21-33-31-15-7-9-17-36(31)50(42(33)41)30-13-5-2-6-14-30/h1-26,52-56H. The van der Waals surface area contributed by atoms with Gasteiger partial charge in [-0.3, -0.25) is 0 Å². The molecule has 0 unspecified atom stereocenters. The highest BCUT2D eigenvalue weighted by Gasteiger charge is 2.27. The molecule has 11 rings (SSSR count). The third-order valence-electron chi connectivity index (χ3n) is 11.2. The Bertz CT molecular complexity index is 3390. The zero-order valence-corrected chi connectivity index (χ0v) is 29.6. The van der Waals surface area contributed by atoms with Crippen LogP contribution in [0.5, 0.6) is 28.7 Å². The number of hydrogen-bond donors (Lipinski definition) is 5. The van der Waals surface area contributed by atoms with Gasteiger partial charge in [0.15, 0.2) is 11.5 Å². The zero-order chi connectivity index (χ0) is 37.8. The van der Waals surface area contributed by atoms with Crippen molar-refractivity contribution in [3.05, 3.63) is 158 Å². The quantitative estimate of drug-likeness (QED) is 0.0913. The minimum absolute atomic E-state index is 0.246. The van der Waals surface area contributed by atoms with Crippen LogP contribution in [0.2, 0.25) is 0 Å². The molecule has 0 fully saturated rings. The summed E-state index contributed by atoms with van der Waals surface area (Å²) in [5.74, 6) is -4.38. The molecule has 3 aromatic heterocycles. The summed E-state index contributed by atoms with van der Waals surface area (Å²) in [6.07, 6.45) is 0. The molecule has 0 spiro atoms. The van der Waals surface area contributed by atoms with Crippen LogP contribution in [0.3, 0.4) is 0 Å². The van der Waals surface area contributed by atoms with Crippen molar-refractivity contribution in [1.82, 2.24) is 13.7 Å². The summed E-state index contributed by atoms with van der Waals surface area (Å²) < 4.78 is 6.28. The van der Waals surface area contributed by atoms with Gasteiger partial charge in [0.25, 0.3) is 0 Å². The molecule has 8 aromatic carbocycles. The van der Waals surface area contributed by atoms with Gasteiger partial charge in [0, 0.05) is 43.7 Å². The number of phenols is 5. The molecule has 3 heterocycles. The molecule has 0 atom stereocenters. The van der Waals surface area contributed by atoms with Gasteiger partial charge in [0.2, 0.25) is 17.2 Å². The normalized spacial score (nSPS) is 11.9. The number of fused-ring (bicyclic) bond motifs is 10. The number of hydrogen-bond acceptors (Lipinski definition) is 5. The van der Waals surface area contributed by atoms with E-state index in [1.807, 2.05) is 48.5 Å². The highest BCUT2D eigenvalue weighted by molar-refractivity contribution is 6.26. The second-order valence-corrected chi connectivity index (χ2v) is 14.1. The van der Waals surface area contributed by atoms with Crippen LogP contribution in [0.4, 0.5) is 0 Å². The van der Waals surface area contributed by atoms with Crippen LogP contribution in [0.25, 0.3) is 93.6 Å². The Morgan fingerprint density at radius 2 is 0.750 bits per heavy atom. The van der Waals surface area contributed by atoms with E-state index < -0.39 is 28.7 Å². The average molecular weight is 730 g/mol. The second-order valence-electron chi connectivity index (χ2n) is 14.1. The summed E-state index contributed by atoms with van der Waals surface area (Å²) in [5.41, 5.74) is 9.50. The number of para-hydroxylation sites is 4. The highest BCUT2D eigenvalue weighted by atomic mass is 16.4. The van der Waals surface area contributed by atoms with Gasteiger partial charge < -0.3 is 39.2 Å². The first kappa shape index (κ1) is 31.7. The lowest BCUT2D eigenvalue weighted by Crippen LogP contribution is -1.96. The molecule has 5 N–H and O–H groups in total. The van der Waals surface area contributed by atoms with Crippen molar-refractivity contribution in [3.63, 3.8) is 0 Å². The van der Waals surface area contributed by atoms with E-state index in [2.05, 4.69) is 118 Å². The predicted molar refractivity (Wildman–Crippen MR) is 223 cm³/mol. The summed E-state index contributed by atoms with van der Waals surface area (Å²) in [5, 5.41) is 59.3. The lowest BCUT2D eigenvalue weighted by Gasteiger charge is -2.15. The van der Waals surface area contributed by atoms with Gasteiger partial charge in [-0.05, 0) is 77.9 Å². The molecule has 0 aliphatic heterocycles. The third-order valence-corrected chi connectivity index (χ3v) is 11.2. The van der Waals surface area contributed by atoms with Gasteiger partial charge in [-0.1, -0.05) is 91.0 Å². The minimum atomic E-state index is -1.00. The summed E-state index contributed by atoms with van der Waals surface area (Å²) >= 11 is 0. The van der Waals surface area contributed by atoms with Crippen molar-refractivity contribution in [2.24, 2.45) is 0 Å². The monoisotopic (exact) mass is 729 g/mol. The maximum Gasteiger partial charge on any atom is 0.208 e. The van der Waals surface area contributed by atoms with E-state index in [9.17, 15) is 25.5 Å². The fourth-order valence-corrected chi connectivity index (χ4v) is 8.72. The number of aromatic hydroxyl groups is 5. The predicted octanol–water partition coefficient (Wildman–Crippen LogP) is 11.2. The first-order chi connectivity index (χ1) is 27.4. The van der Waals surface area contributed by atoms with Crippen LogP contribution < -0.4 is 0 Å². The largest absolute Gasteiger partial charge is 0.503 e. The third kappa shape index (κ3) is 4.23. The molecule has 8 heteroatoms. The number of phenolic OH excluding ortho intramolecular Hbond substituents is 5. The van der Waals surface area contributed by atoms with Gasteiger partial charge >= 0.3 is 0 Å². The molecule has 0 amide bonds. The smallest absolute Gasteiger partial charge is 0.208 e. The minimum Gasteiger partial charge on any atom is -0.503 e. The van der Waals surface area contributed by atoms with Crippen LogP contribution in [0.1, 0.15) is 0 Å². The molecule has 0 saturated heterocycles. The van der Waals surface area contributed by atoms with Gasteiger partial charge in [-0.25, -0.2) is 0 Å². The van der Waals surface area contributed by atoms with Gasteiger partial charge in [0.1, 0.15) is 5.69 Å². The number of rotatable bonds is 4. The van der Waals surface area contributed by atoms with E-state index in [0.717, 1.165) is 66.1 Å².